The van der Waals surface area contributed by atoms with Crippen LogP contribution < -0.4 is 14.5 Å². The molecule has 0 unspecified atom stereocenters. The van der Waals surface area contributed by atoms with Gasteiger partial charge in [-0.3, -0.25) is 9.10 Å². The van der Waals surface area contributed by atoms with E-state index >= 15 is 0 Å². The predicted octanol–water partition coefficient (Wildman–Crippen LogP) is 5.24. The molecule has 0 atom stereocenters. The Balaban J connectivity index is 1.92. The van der Waals surface area contributed by atoms with E-state index in [2.05, 4.69) is 26.5 Å². The molecule has 0 aromatic heterocycles. The van der Waals surface area contributed by atoms with Gasteiger partial charge in [0.15, 0.2) is 0 Å². The number of hydrogen-bond donors (Lipinski definition) is 1. The van der Waals surface area contributed by atoms with Gasteiger partial charge in [-0.15, -0.1) is 0 Å². The van der Waals surface area contributed by atoms with E-state index in [1.807, 2.05) is 24.3 Å². The molecule has 0 saturated heterocycles. The number of rotatable bonds is 9. The number of carbonyl (C=O) groups excluding carboxylic acids is 1. The van der Waals surface area contributed by atoms with Gasteiger partial charge in [-0.1, -0.05) is 51.8 Å². The molecule has 0 fully saturated rings. The van der Waals surface area contributed by atoms with Crippen molar-refractivity contribution in [3.05, 3.63) is 87.9 Å². The summed E-state index contributed by atoms with van der Waals surface area (Å²) in [5, 5.41) is 4.53. The van der Waals surface area contributed by atoms with Crippen LogP contribution in [-0.4, -0.2) is 33.2 Å². The third-order valence-electron chi connectivity index (χ3n) is 4.73. The molecule has 7 nitrogen and oxygen atoms in total. The first-order valence-electron chi connectivity index (χ1n) is 10.3. The number of ether oxygens (including phenoxy) is 1. The van der Waals surface area contributed by atoms with Crippen molar-refractivity contribution < 1.29 is 17.9 Å². The van der Waals surface area contributed by atoms with Crippen LogP contribution in [0.3, 0.4) is 0 Å². The lowest BCUT2D eigenvalue weighted by atomic mass is 10.1. The third-order valence-corrected chi connectivity index (χ3v) is 7.29. The molecule has 0 bridgehead atoms. The highest BCUT2D eigenvalue weighted by Gasteiger charge is 2.29. The summed E-state index contributed by atoms with van der Waals surface area (Å²) < 4.78 is 34.6. The quantitative estimate of drug-likeness (QED) is 0.285. The molecule has 34 heavy (non-hydrogen) atoms. The van der Waals surface area contributed by atoms with Gasteiger partial charge in [0.1, 0.15) is 12.3 Å². The van der Waals surface area contributed by atoms with E-state index in [0.717, 1.165) is 14.3 Å². The molecule has 0 aliphatic rings. The van der Waals surface area contributed by atoms with E-state index < -0.39 is 22.5 Å². The number of nitrogens with zero attached hydrogens (tertiary/aromatic N) is 2. The number of anilines is 1. The minimum absolute atomic E-state index is 0.00875. The van der Waals surface area contributed by atoms with Crippen LogP contribution in [0.2, 0.25) is 5.02 Å². The lowest BCUT2D eigenvalue weighted by Crippen LogP contribution is -2.40. The lowest BCUT2D eigenvalue weighted by Gasteiger charge is -2.25. The molecule has 3 aromatic rings. The summed E-state index contributed by atoms with van der Waals surface area (Å²) in [4.78, 5) is 12.8. The van der Waals surface area contributed by atoms with Gasteiger partial charge >= 0.3 is 0 Å². The molecule has 3 rings (SSSR count). The summed E-state index contributed by atoms with van der Waals surface area (Å²) in [6.45, 7) is 3.36. The summed E-state index contributed by atoms with van der Waals surface area (Å²) in [5.41, 5.74) is 4.08. The Morgan fingerprint density at radius 2 is 1.71 bits per heavy atom. The van der Waals surface area contributed by atoms with Crippen LogP contribution in [0.5, 0.6) is 5.75 Å². The van der Waals surface area contributed by atoms with Crippen molar-refractivity contribution in [2.24, 2.45) is 5.10 Å². The van der Waals surface area contributed by atoms with Gasteiger partial charge in [-0.05, 0) is 67.9 Å². The lowest BCUT2D eigenvalue weighted by molar-refractivity contribution is -0.119. The van der Waals surface area contributed by atoms with Crippen molar-refractivity contribution in [3.8, 4) is 5.75 Å². The van der Waals surface area contributed by atoms with Crippen LogP contribution >= 0.6 is 27.5 Å². The van der Waals surface area contributed by atoms with Gasteiger partial charge in [0, 0.05) is 9.50 Å². The van der Waals surface area contributed by atoms with Crippen LogP contribution in [0.15, 0.2) is 87.3 Å². The maximum atomic E-state index is 13.5. The van der Waals surface area contributed by atoms with E-state index in [0.29, 0.717) is 23.1 Å². The highest BCUT2D eigenvalue weighted by Crippen LogP contribution is 2.32. The van der Waals surface area contributed by atoms with Crippen LogP contribution in [-0.2, 0) is 14.8 Å². The van der Waals surface area contributed by atoms with Crippen molar-refractivity contribution in [1.82, 2.24) is 5.43 Å². The smallest absolute Gasteiger partial charge is 0.264 e. The molecule has 1 amide bonds. The Hall–Kier alpha value is -2.88. The summed E-state index contributed by atoms with van der Waals surface area (Å²) >= 11 is 9.30. The Labute approximate surface area is 212 Å². The first kappa shape index (κ1) is 25.7. The number of benzene rings is 3. The van der Waals surface area contributed by atoms with Crippen molar-refractivity contribution >= 4 is 54.9 Å². The van der Waals surface area contributed by atoms with Crippen molar-refractivity contribution in [1.29, 1.82) is 0 Å². The highest BCUT2D eigenvalue weighted by atomic mass is 79.9. The minimum atomic E-state index is -4.12. The van der Waals surface area contributed by atoms with Gasteiger partial charge < -0.3 is 4.74 Å². The topological polar surface area (TPSA) is 88.1 Å². The number of sulfonamides is 1. The molecular weight excluding hydrogens is 542 g/mol. The zero-order valence-electron chi connectivity index (χ0n) is 18.5. The molecule has 3 aromatic carbocycles. The number of hydrogen-bond acceptors (Lipinski definition) is 5. The van der Waals surface area contributed by atoms with E-state index in [1.54, 1.807) is 38.1 Å². The molecule has 0 spiro atoms. The monoisotopic (exact) mass is 563 g/mol. The van der Waals surface area contributed by atoms with Crippen molar-refractivity contribution in [3.63, 3.8) is 0 Å². The maximum Gasteiger partial charge on any atom is 0.264 e. The molecule has 0 aliphatic heterocycles. The van der Waals surface area contributed by atoms with Gasteiger partial charge in [-0.2, -0.15) is 5.10 Å². The second kappa shape index (κ2) is 11.5. The standard InChI is InChI=1S/C24H23BrClN3O4S/c1-3-33-23-7-5-4-6-22(23)29(34(31,32)21-14-12-20(26)13-15-21)16-24(30)28-27-17(2)18-8-10-19(25)11-9-18/h4-15H,3,16H2,1-2H3,(H,28,30)/b27-17-. The van der Waals surface area contributed by atoms with E-state index in [4.69, 9.17) is 16.3 Å². The second-order valence-corrected chi connectivity index (χ2v) is 10.3. The van der Waals surface area contributed by atoms with Crippen molar-refractivity contribution in [2.75, 3.05) is 17.5 Å². The van der Waals surface area contributed by atoms with Crippen LogP contribution in [0.25, 0.3) is 0 Å². The van der Waals surface area contributed by atoms with E-state index in [-0.39, 0.29) is 10.6 Å². The average molecular weight is 565 g/mol. The highest BCUT2D eigenvalue weighted by molar-refractivity contribution is 9.10. The van der Waals surface area contributed by atoms with Gasteiger partial charge in [0.05, 0.1) is 22.9 Å². The van der Waals surface area contributed by atoms with Crippen LogP contribution in [0.1, 0.15) is 19.4 Å². The Bertz CT molecular complexity index is 1280. The zero-order chi connectivity index (χ0) is 24.7. The number of carbonyl (C=O) groups is 1. The first-order chi connectivity index (χ1) is 16.2. The number of nitrogens with one attached hydrogen (secondary N) is 1. The summed E-state index contributed by atoms with van der Waals surface area (Å²) in [6, 6.07) is 19.8. The Kier molecular flexibility index (Phi) is 8.71. The molecule has 178 valence electrons. The molecule has 0 radical (unpaired) electrons. The molecule has 0 aliphatic carbocycles. The van der Waals surface area contributed by atoms with Crippen LogP contribution in [0, 0.1) is 0 Å². The number of amides is 1. The number of para-hydroxylation sites is 2. The minimum Gasteiger partial charge on any atom is -0.492 e. The van der Waals surface area contributed by atoms with Gasteiger partial charge in [-0.25, -0.2) is 13.8 Å². The van der Waals surface area contributed by atoms with E-state index in [9.17, 15) is 13.2 Å². The summed E-state index contributed by atoms with van der Waals surface area (Å²) in [6.07, 6.45) is 0. The SMILES string of the molecule is CCOc1ccccc1N(CC(=O)N/N=C(/C)c1ccc(Br)cc1)S(=O)(=O)c1ccc(Cl)cc1. The molecule has 1 N–H and O–H groups in total. The van der Waals surface area contributed by atoms with E-state index in [1.165, 1.54) is 24.3 Å². The summed E-state index contributed by atoms with van der Waals surface area (Å²) in [5.74, 6) is -0.273. The second-order valence-electron chi connectivity index (χ2n) is 7.11. The fourth-order valence-electron chi connectivity index (χ4n) is 3.04. The fraction of sp³-hybridized carbons (Fsp3) is 0.167. The van der Waals surface area contributed by atoms with Gasteiger partial charge in [0.2, 0.25) is 0 Å². The number of halogens is 2. The van der Waals surface area contributed by atoms with Crippen molar-refractivity contribution in [2.45, 2.75) is 18.7 Å². The Morgan fingerprint density at radius 3 is 2.35 bits per heavy atom. The maximum absolute atomic E-state index is 13.5. The average Bonchev–Trinajstić information content (AvgIpc) is 2.82. The molecular formula is C24H23BrClN3O4S. The Morgan fingerprint density at radius 1 is 1.06 bits per heavy atom. The fourth-order valence-corrected chi connectivity index (χ4v) is 4.86. The molecule has 0 saturated carbocycles. The summed E-state index contributed by atoms with van der Waals surface area (Å²) in [7, 11) is -4.12. The largest absolute Gasteiger partial charge is 0.492 e. The third kappa shape index (κ3) is 6.37. The molecule has 0 heterocycles. The van der Waals surface area contributed by atoms with Crippen LogP contribution in [0.4, 0.5) is 5.69 Å². The zero-order valence-corrected chi connectivity index (χ0v) is 21.7. The number of hydrazone groups is 1. The molecule has 10 heteroatoms. The van der Waals surface area contributed by atoms with Gasteiger partial charge in [0.25, 0.3) is 15.9 Å². The predicted molar refractivity (Wildman–Crippen MR) is 138 cm³/mol. The first-order valence-corrected chi connectivity index (χ1v) is 12.9. The normalized spacial score (nSPS) is 11.7.